The van der Waals surface area contributed by atoms with Crippen LogP contribution in [0.25, 0.3) is 0 Å². The largest absolute Gasteiger partial charge is 0.480 e. The molecule has 0 aliphatic carbocycles. The Balaban J connectivity index is 4.41. The third-order valence-corrected chi connectivity index (χ3v) is 3.27. The molecule has 0 aliphatic rings. The highest BCUT2D eigenvalue weighted by molar-refractivity contribution is 7.89. The Kier molecular flexibility index (Phi) is 5.97. The number of carbonyl (C=O) groups excluding carboxylic acids is 1. The second-order valence-corrected chi connectivity index (χ2v) is 5.07. The first-order valence-electron chi connectivity index (χ1n) is 4.62. The molecule has 0 fully saturated rings. The quantitative estimate of drug-likeness (QED) is 0.582. The normalized spacial score (nSPS) is 13.1. The van der Waals surface area contributed by atoms with Crippen LogP contribution in [-0.4, -0.2) is 44.4 Å². The van der Waals surface area contributed by atoms with Gasteiger partial charge in [0.2, 0.25) is 10.0 Å². The Bertz CT molecular complexity index is 350. The van der Waals surface area contributed by atoms with E-state index in [9.17, 15) is 18.0 Å². The molecule has 0 saturated carbocycles. The lowest BCUT2D eigenvalue weighted by molar-refractivity contribution is -0.142. The Labute approximate surface area is 93.8 Å². The van der Waals surface area contributed by atoms with Gasteiger partial charge in [0.15, 0.2) is 0 Å². The molecule has 8 heteroatoms. The average Bonchev–Trinajstić information content (AvgIpc) is 2.23. The van der Waals surface area contributed by atoms with E-state index >= 15 is 0 Å². The smallest absolute Gasteiger partial charge is 0.321 e. The predicted molar refractivity (Wildman–Crippen MR) is 55.3 cm³/mol. The van der Waals surface area contributed by atoms with Crippen LogP contribution in [0, 0.1) is 0 Å². The monoisotopic (exact) mass is 253 g/mol. The number of carbonyl (C=O) groups is 2. The van der Waals surface area contributed by atoms with Crippen molar-refractivity contribution in [3.05, 3.63) is 0 Å². The number of sulfonamides is 1. The number of methoxy groups -OCH3 is 1. The molecule has 0 aromatic heterocycles. The SMILES string of the molecule is CCS(=O)(=O)NC(CCC(=O)OC)C(=O)O. The van der Waals surface area contributed by atoms with Crippen molar-refractivity contribution in [2.45, 2.75) is 25.8 Å². The minimum absolute atomic E-state index is 0.138. The zero-order valence-electron chi connectivity index (χ0n) is 9.10. The van der Waals surface area contributed by atoms with Crippen LogP contribution in [0.1, 0.15) is 19.8 Å². The fourth-order valence-corrected chi connectivity index (χ4v) is 1.72. The van der Waals surface area contributed by atoms with E-state index in [0.29, 0.717) is 0 Å². The molecular formula is C8H15NO6S. The summed E-state index contributed by atoms with van der Waals surface area (Å²) in [4.78, 5) is 21.5. The average molecular weight is 253 g/mol. The van der Waals surface area contributed by atoms with Crippen molar-refractivity contribution in [3.63, 3.8) is 0 Å². The van der Waals surface area contributed by atoms with E-state index in [-0.39, 0.29) is 18.6 Å². The van der Waals surface area contributed by atoms with E-state index in [4.69, 9.17) is 5.11 Å². The lowest BCUT2D eigenvalue weighted by Gasteiger charge is -2.12. The standard InChI is InChI=1S/C8H15NO6S/c1-3-16(13,14)9-6(8(11)12)4-5-7(10)15-2/h6,9H,3-5H2,1-2H3,(H,11,12). The minimum Gasteiger partial charge on any atom is -0.480 e. The number of hydrogen-bond acceptors (Lipinski definition) is 5. The molecule has 1 atom stereocenters. The maximum absolute atomic E-state index is 11.1. The third kappa shape index (κ3) is 5.66. The molecule has 0 rings (SSSR count). The molecule has 0 aromatic carbocycles. The molecule has 0 amide bonds. The summed E-state index contributed by atoms with van der Waals surface area (Å²) in [5.74, 6) is -2.11. The van der Waals surface area contributed by atoms with E-state index < -0.39 is 28.0 Å². The Morgan fingerprint density at radius 1 is 1.44 bits per heavy atom. The number of esters is 1. The van der Waals surface area contributed by atoms with Gasteiger partial charge in [0, 0.05) is 6.42 Å². The number of aliphatic carboxylic acids is 1. The highest BCUT2D eigenvalue weighted by Gasteiger charge is 2.23. The number of rotatable bonds is 7. The fourth-order valence-electron chi connectivity index (χ4n) is 0.897. The summed E-state index contributed by atoms with van der Waals surface area (Å²) >= 11 is 0. The van der Waals surface area contributed by atoms with E-state index in [0.717, 1.165) is 0 Å². The molecule has 7 nitrogen and oxygen atoms in total. The van der Waals surface area contributed by atoms with Crippen molar-refractivity contribution < 1.29 is 27.9 Å². The van der Waals surface area contributed by atoms with E-state index in [1.165, 1.54) is 14.0 Å². The summed E-state index contributed by atoms with van der Waals surface area (Å²) in [5.41, 5.74) is 0. The van der Waals surface area contributed by atoms with Gasteiger partial charge < -0.3 is 9.84 Å². The molecule has 0 saturated heterocycles. The summed E-state index contributed by atoms with van der Waals surface area (Å²) in [7, 11) is -2.43. The van der Waals surface area contributed by atoms with E-state index in [2.05, 4.69) is 4.74 Å². The number of carboxylic acids is 1. The topological polar surface area (TPSA) is 110 Å². The second kappa shape index (κ2) is 6.44. The van der Waals surface area contributed by atoms with Gasteiger partial charge in [-0.25, -0.2) is 13.1 Å². The Morgan fingerprint density at radius 3 is 2.38 bits per heavy atom. The zero-order valence-corrected chi connectivity index (χ0v) is 9.91. The summed E-state index contributed by atoms with van der Waals surface area (Å²) in [5, 5.41) is 8.74. The van der Waals surface area contributed by atoms with Crippen LogP contribution in [0.3, 0.4) is 0 Å². The molecule has 1 unspecified atom stereocenters. The number of nitrogens with one attached hydrogen (secondary N) is 1. The van der Waals surface area contributed by atoms with Crippen molar-refractivity contribution in [2.75, 3.05) is 12.9 Å². The second-order valence-electron chi connectivity index (χ2n) is 3.03. The first-order valence-corrected chi connectivity index (χ1v) is 6.27. The number of ether oxygens (including phenoxy) is 1. The van der Waals surface area contributed by atoms with Crippen LogP contribution in [0.4, 0.5) is 0 Å². The molecule has 0 heterocycles. The van der Waals surface area contributed by atoms with Gasteiger partial charge in [-0.2, -0.15) is 0 Å². The zero-order chi connectivity index (χ0) is 12.8. The maximum Gasteiger partial charge on any atom is 0.321 e. The van der Waals surface area contributed by atoms with Crippen LogP contribution in [0.5, 0.6) is 0 Å². The highest BCUT2D eigenvalue weighted by atomic mass is 32.2. The Morgan fingerprint density at radius 2 is 2.00 bits per heavy atom. The summed E-state index contributed by atoms with van der Waals surface area (Å²) in [6, 6.07) is -1.30. The highest BCUT2D eigenvalue weighted by Crippen LogP contribution is 2.01. The molecule has 94 valence electrons. The third-order valence-electron chi connectivity index (χ3n) is 1.86. The van der Waals surface area contributed by atoms with Gasteiger partial charge in [-0.15, -0.1) is 0 Å². The Hall–Kier alpha value is -1.15. The lowest BCUT2D eigenvalue weighted by atomic mass is 10.2. The lowest BCUT2D eigenvalue weighted by Crippen LogP contribution is -2.41. The maximum atomic E-state index is 11.1. The van der Waals surface area contributed by atoms with Crippen molar-refractivity contribution in [1.29, 1.82) is 0 Å². The van der Waals surface area contributed by atoms with Crippen LogP contribution >= 0.6 is 0 Å². The van der Waals surface area contributed by atoms with Crippen molar-refractivity contribution in [3.8, 4) is 0 Å². The van der Waals surface area contributed by atoms with Gasteiger partial charge in [0.05, 0.1) is 12.9 Å². The first-order chi connectivity index (χ1) is 7.32. The van der Waals surface area contributed by atoms with Gasteiger partial charge in [0.1, 0.15) is 6.04 Å². The molecule has 0 bridgehead atoms. The molecule has 0 spiro atoms. The fraction of sp³-hybridized carbons (Fsp3) is 0.750. The van der Waals surface area contributed by atoms with Crippen LogP contribution in [0.2, 0.25) is 0 Å². The first kappa shape index (κ1) is 14.8. The molecule has 0 aromatic rings. The molecular weight excluding hydrogens is 238 g/mol. The molecule has 0 radical (unpaired) electrons. The van der Waals surface area contributed by atoms with Crippen molar-refractivity contribution >= 4 is 22.0 Å². The number of carboxylic acid groups (broad SMARTS) is 1. The van der Waals surface area contributed by atoms with Crippen LogP contribution in [0.15, 0.2) is 0 Å². The summed E-state index contributed by atoms with van der Waals surface area (Å²) in [6.07, 6.45) is -0.291. The molecule has 16 heavy (non-hydrogen) atoms. The minimum atomic E-state index is -3.60. The summed E-state index contributed by atoms with van der Waals surface area (Å²) < 4.78 is 28.6. The van der Waals surface area contributed by atoms with E-state index in [1.807, 2.05) is 4.72 Å². The van der Waals surface area contributed by atoms with Crippen LogP contribution in [-0.2, 0) is 24.3 Å². The van der Waals surface area contributed by atoms with Crippen molar-refractivity contribution in [2.24, 2.45) is 0 Å². The molecule has 2 N–H and O–H groups in total. The predicted octanol–water partition coefficient (Wildman–Crippen LogP) is -0.668. The molecule has 0 aliphatic heterocycles. The van der Waals surface area contributed by atoms with Crippen molar-refractivity contribution in [1.82, 2.24) is 4.72 Å². The summed E-state index contributed by atoms with van der Waals surface area (Å²) in [6.45, 7) is 1.39. The van der Waals surface area contributed by atoms with Gasteiger partial charge in [-0.3, -0.25) is 9.59 Å². The van der Waals surface area contributed by atoms with E-state index in [1.54, 1.807) is 0 Å². The number of hydrogen-bond donors (Lipinski definition) is 2. The van der Waals surface area contributed by atoms with Gasteiger partial charge in [-0.1, -0.05) is 0 Å². The van der Waals surface area contributed by atoms with Crippen LogP contribution < -0.4 is 4.72 Å². The van der Waals surface area contributed by atoms with Gasteiger partial charge in [-0.05, 0) is 13.3 Å². The van der Waals surface area contributed by atoms with Gasteiger partial charge in [0.25, 0.3) is 0 Å². The van der Waals surface area contributed by atoms with Gasteiger partial charge >= 0.3 is 11.9 Å².